The quantitative estimate of drug-likeness (QED) is 0.409. The van der Waals surface area contributed by atoms with Crippen molar-refractivity contribution < 1.29 is 0 Å². The summed E-state index contributed by atoms with van der Waals surface area (Å²) >= 11 is 0. The maximum absolute atomic E-state index is 2.48. The van der Waals surface area contributed by atoms with Crippen molar-refractivity contribution in [3.05, 3.63) is 5.92 Å². The van der Waals surface area contributed by atoms with Crippen LogP contribution in [0.15, 0.2) is 0 Å². The molecule has 2 unspecified atom stereocenters. The van der Waals surface area contributed by atoms with Crippen molar-refractivity contribution in [3.8, 4) is 0 Å². The van der Waals surface area contributed by atoms with Crippen molar-refractivity contribution in [1.29, 1.82) is 0 Å². The standard InChI is InChI=1S/C18H37/c1-8-11-13-17(7)18(15(4)5,14-12-9-2)16(6)10-3/h15-16H,8-14H2,1-7H3. The van der Waals surface area contributed by atoms with Gasteiger partial charge in [-0.1, -0.05) is 80.6 Å². The Labute approximate surface area is 117 Å². The highest BCUT2D eigenvalue weighted by Crippen LogP contribution is 2.51. The molecule has 18 heavy (non-hydrogen) atoms. The Balaban J connectivity index is 5.04. The van der Waals surface area contributed by atoms with Crippen LogP contribution >= 0.6 is 0 Å². The van der Waals surface area contributed by atoms with E-state index in [4.69, 9.17) is 0 Å². The molecule has 0 bridgehead atoms. The van der Waals surface area contributed by atoms with E-state index < -0.39 is 0 Å². The highest BCUT2D eigenvalue weighted by atomic mass is 14.5. The highest BCUT2D eigenvalue weighted by molar-refractivity contribution is 5.07. The normalized spacial score (nSPS) is 17.2. The summed E-state index contributed by atoms with van der Waals surface area (Å²) in [6.07, 6.45) is 9.43. The van der Waals surface area contributed by atoms with Gasteiger partial charge in [0.25, 0.3) is 0 Å². The van der Waals surface area contributed by atoms with Gasteiger partial charge in [0.05, 0.1) is 0 Å². The van der Waals surface area contributed by atoms with Gasteiger partial charge in [-0.3, -0.25) is 0 Å². The van der Waals surface area contributed by atoms with Crippen molar-refractivity contribution in [2.24, 2.45) is 17.3 Å². The van der Waals surface area contributed by atoms with Crippen LogP contribution in [0.4, 0.5) is 0 Å². The lowest BCUT2D eigenvalue weighted by Crippen LogP contribution is -2.39. The van der Waals surface area contributed by atoms with Gasteiger partial charge >= 0.3 is 0 Å². The second-order valence-corrected chi connectivity index (χ2v) is 6.49. The summed E-state index contributed by atoms with van der Waals surface area (Å²) in [5.74, 6) is 3.37. The molecule has 109 valence electrons. The largest absolute Gasteiger partial charge is 0.0654 e. The van der Waals surface area contributed by atoms with Gasteiger partial charge in [0.1, 0.15) is 0 Å². The van der Waals surface area contributed by atoms with Crippen molar-refractivity contribution >= 4 is 0 Å². The van der Waals surface area contributed by atoms with E-state index in [1.54, 1.807) is 5.92 Å². The third kappa shape index (κ3) is 4.28. The minimum Gasteiger partial charge on any atom is -0.0654 e. The summed E-state index contributed by atoms with van der Waals surface area (Å²) in [6.45, 7) is 16.8. The molecule has 0 spiro atoms. The summed E-state index contributed by atoms with van der Waals surface area (Å²) in [7, 11) is 0. The zero-order valence-corrected chi connectivity index (χ0v) is 14.1. The first-order valence-electron chi connectivity index (χ1n) is 8.30. The SMILES string of the molecule is CCCC[C](C)C(CCCC)(C(C)C)C(C)CC. The number of hydrogen-bond donors (Lipinski definition) is 0. The average Bonchev–Trinajstić information content (AvgIpc) is 2.36. The van der Waals surface area contributed by atoms with Crippen LogP contribution in [0, 0.1) is 23.2 Å². The molecule has 0 aromatic heterocycles. The Morgan fingerprint density at radius 1 is 0.944 bits per heavy atom. The molecule has 0 heteroatoms. The monoisotopic (exact) mass is 253 g/mol. The fourth-order valence-electron chi connectivity index (χ4n) is 3.74. The van der Waals surface area contributed by atoms with Crippen LogP contribution in [0.3, 0.4) is 0 Å². The van der Waals surface area contributed by atoms with E-state index in [1.165, 1.54) is 44.9 Å². The smallest absolute Gasteiger partial charge is 0.0190 e. The zero-order chi connectivity index (χ0) is 14.2. The van der Waals surface area contributed by atoms with Gasteiger partial charge in [0.15, 0.2) is 0 Å². The molecule has 0 heterocycles. The molecule has 0 nitrogen and oxygen atoms in total. The number of rotatable bonds is 10. The maximum Gasteiger partial charge on any atom is -0.0190 e. The van der Waals surface area contributed by atoms with Crippen LogP contribution in [0.5, 0.6) is 0 Å². The van der Waals surface area contributed by atoms with Gasteiger partial charge in [-0.25, -0.2) is 0 Å². The summed E-state index contributed by atoms with van der Waals surface area (Å²) in [5, 5.41) is 0. The van der Waals surface area contributed by atoms with Crippen molar-refractivity contribution in [1.82, 2.24) is 0 Å². The fraction of sp³-hybridized carbons (Fsp3) is 0.944. The Hall–Kier alpha value is 0. The van der Waals surface area contributed by atoms with Gasteiger partial charge in [0, 0.05) is 0 Å². The average molecular weight is 253 g/mol. The molecule has 0 N–H and O–H groups in total. The van der Waals surface area contributed by atoms with E-state index in [0.29, 0.717) is 5.41 Å². The van der Waals surface area contributed by atoms with Crippen molar-refractivity contribution in [2.45, 2.75) is 93.4 Å². The Kier molecular flexibility index (Phi) is 8.99. The summed E-state index contributed by atoms with van der Waals surface area (Å²) < 4.78 is 0. The van der Waals surface area contributed by atoms with Crippen molar-refractivity contribution in [2.75, 3.05) is 0 Å². The minimum atomic E-state index is 0.486. The minimum absolute atomic E-state index is 0.486. The molecule has 0 aliphatic heterocycles. The van der Waals surface area contributed by atoms with E-state index in [-0.39, 0.29) is 0 Å². The van der Waals surface area contributed by atoms with Crippen LogP contribution in [0.25, 0.3) is 0 Å². The molecule has 0 aromatic carbocycles. The molecule has 0 amide bonds. The second kappa shape index (κ2) is 8.99. The van der Waals surface area contributed by atoms with E-state index >= 15 is 0 Å². The molecule has 0 aliphatic rings. The summed E-state index contributed by atoms with van der Waals surface area (Å²) in [4.78, 5) is 0. The van der Waals surface area contributed by atoms with Gasteiger partial charge in [-0.15, -0.1) is 0 Å². The van der Waals surface area contributed by atoms with Crippen LogP contribution < -0.4 is 0 Å². The highest BCUT2D eigenvalue weighted by Gasteiger charge is 2.42. The molecule has 0 aliphatic carbocycles. The molecule has 0 saturated carbocycles. The second-order valence-electron chi connectivity index (χ2n) is 6.49. The van der Waals surface area contributed by atoms with E-state index in [2.05, 4.69) is 48.5 Å². The molecular weight excluding hydrogens is 216 g/mol. The predicted molar refractivity (Wildman–Crippen MR) is 84.7 cm³/mol. The lowest BCUT2D eigenvalue weighted by atomic mass is 9.57. The maximum atomic E-state index is 2.48. The lowest BCUT2D eigenvalue weighted by molar-refractivity contribution is 0.0917. The van der Waals surface area contributed by atoms with Crippen LogP contribution in [0.1, 0.15) is 93.4 Å². The molecule has 1 radical (unpaired) electrons. The van der Waals surface area contributed by atoms with Crippen LogP contribution in [-0.4, -0.2) is 0 Å². The van der Waals surface area contributed by atoms with E-state index in [1.807, 2.05) is 0 Å². The lowest BCUT2D eigenvalue weighted by Gasteiger charge is -2.48. The summed E-state index contributed by atoms with van der Waals surface area (Å²) in [6, 6.07) is 0. The molecular formula is C18H37. The number of hydrogen-bond acceptors (Lipinski definition) is 0. The third-order valence-corrected chi connectivity index (χ3v) is 5.17. The van der Waals surface area contributed by atoms with Crippen LogP contribution in [0.2, 0.25) is 0 Å². The molecule has 0 rings (SSSR count). The first kappa shape index (κ1) is 18.0. The Morgan fingerprint density at radius 2 is 1.50 bits per heavy atom. The van der Waals surface area contributed by atoms with Crippen molar-refractivity contribution in [3.63, 3.8) is 0 Å². The zero-order valence-electron chi connectivity index (χ0n) is 14.1. The number of unbranched alkanes of at least 4 members (excludes halogenated alkanes) is 2. The van der Waals surface area contributed by atoms with Gasteiger partial charge in [-0.05, 0) is 36.0 Å². The first-order valence-corrected chi connectivity index (χ1v) is 8.30. The molecule has 0 fully saturated rings. The predicted octanol–water partition coefficient (Wildman–Crippen LogP) is 6.65. The molecule has 2 atom stereocenters. The Morgan fingerprint density at radius 3 is 1.89 bits per heavy atom. The third-order valence-electron chi connectivity index (χ3n) is 5.17. The van der Waals surface area contributed by atoms with E-state index in [9.17, 15) is 0 Å². The molecule has 0 saturated heterocycles. The Bertz CT molecular complexity index is 194. The molecule has 0 aromatic rings. The van der Waals surface area contributed by atoms with Gasteiger partial charge in [-0.2, -0.15) is 0 Å². The topological polar surface area (TPSA) is 0 Å². The van der Waals surface area contributed by atoms with Gasteiger partial charge in [0.2, 0.25) is 0 Å². The first-order chi connectivity index (χ1) is 8.47. The van der Waals surface area contributed by atoms with Crippen LogP contribution in [-0.2, 0) is 0 Å². The fourth-order valence-corrected chi connectivity index (χ4v) is 3.74. The van der Waals surface area contributed by atoms with E-state index in [0.717, 1.165) is 11.8 Å². The van der Waals surface area contributed by atoms with Gasteiger partial charge < -0.3 is 0 Å². The summed E-state index contributed by atoms with van der Waals surface area (Å²) in [5.41, 5.74) is 0.486.